The maximum atomic E-state index is 13.2. The van der Waals surface area contributed by atoms with E-state index in [1.165, 1.54) is 11.8 Å². The average Bonchev–Trinajstić information content (AvgIpc) is 2.65. The Morgan fingerprint density at radius 3 is 2.75 bits per heavy atom. The Kier molecular flexibility index (Phi) is 2.97. The first-order valence-corrected chi connectivity index (χ1v) is 5.63. The largest absolute Gasteiger partial charge is 0.343 e. The minimum Gasteiger partial charge on any atom is -0.343 e. The van der Waals surface area contributed by atoms with Gasteiger partial charge in [-0.1, -0.05) is 0 Å². The Hall–Kier alpha value is -1.35. The van der Waals surface area contributed by atoms with Crippen LogP contribution in [-0.4, -0.2) is 11.6 Å². The van der Waals surface area contributed by atoms with Crippen LogP contribution in [0.4, 0.5) is 4.39 Å². The van der Waals surface area contributed by atoms with Crippen LogP contribution in [0.25, 0.3) is 10.9 Å². The molecule has 16 heavy (non-hydrogen) atoms. The number of aromatic nitrogens is 1. The second kappa shape index (κ2) is 4.26. The van der Waals surface area contributed by atoms with E-state index in [9.17, 15) is 4.39 Å². The molecule has 0 aliphatic carbocycles. The number of hydrogen-bond donors (Lipinski definition) is 1. The molecule has 0 spiro atoms. The predicted molar refractivity (Wildman–Crippen MR) is 65.0 cm³/mol. The molecule has 0 aliphatic rings. The summed E-state index contributed by atoms with van der Waals surface area (Å²) in [6.45, 7) is 5.04. The molecule has 0 radical (unpaired) electrons. The van der Waals surface area contributed by atoms with Crippen molar-refractivity contribution in [2.24, 2.45) is 0 Å². The molecular weight excluding hydrogens is 203 g/mol. The normalized spacial score (nSPS) is 13.2. The van der Waals surface area contributed by atoms with Crippen molar-refractivity contribution >= 4 is 10.9 Å². The molecule has 3 heteroatoms. The number of nitrogens with zero attached hydrogens (tertiary/aromatic N) is 1. The zero-order chi connectivity index (χ0) is 11.7. The van der Waals surface area contributed by atoms with Gasteiger partial charge in [0.2, 0.25) is 0 Å². The number of rotatable bonds is 3. The summed E-state index contributed by atoms with van der Waals surface area (Å²) in [4.78, 5) is 0. The van der Waals surface area contributed by atoms with E-state index in [1.807, 2.05) is 13.1 Å². The van der Waals surface area contributed by atoms with Crippen LogP contribution >= 0.6 is 0 Å². The van der Waals surface area contributed by atoms with E-state index >= 15 is 0 Å². The van der Waals surface area contributed by atoms with Gasteiger partial charge in [0.05, 0.1) is 5.52 Å². The van der Waals surface area contributed by atoms with Crippen LogP contribution in [0.3, 0.4) is 0 Å². The van der Waals surface area contributed by atoms with Gasteiger partial charge in [-0.2, -0.15) is 0 Å². The molecule has 1 atom stereocenters. The van der Waals surface area contributed by atoms with Crippen LogP contribution in [0, 0.1) is 5.82 Å². The fourth-order valence-electron chi connectivity index (χ4n) is 2.11. The molecule has 2 nitrogen and oxygen atoms in total. The SMILES string of the molecule is CCn1c(C(C)NC)cc2ccc(F)cc21. The molecule has 0 aliphatic heterocycles. The summed E-state index contributed by atoms with van der Waals surface area (Å²) in [7, 11) is 1.93. The second-order valence-electron chi connectivity index (χ2n) is 4.03. The van der Waals surface area contributed by atoms with Crippen LogP contribution in [0.2, 0.25) is 0 Å². The minimum absolute atomic E-state index is 0.177. The Morgan fingerprint density at radius 1 is 1.38 bits per heavy atom. The summed E-state index contributed by atoms with van der Waals surface area (Å²) >= 11 is 0. The van der Waals surface area contributed by atoms with Crippen molar-refractivity contribution in [3.05, 3.63) is 35.8 Å². The van der Waals surface area contributed by atoms with Gasteiger partial charge in [0.15, 0.2) is 0 Å². The molecule has 0 saturated heterocycles. The quantitative estimate of drug-likeness (QED) is 0.841. The molecule has 1 aromatic carbocycles. The Bertz CT molecular complexity index is 502. The van der Waals surface area contributed by atoms with Gasteiger partial charge in [0.25, 0.3) is 0 Å². The standard InChI is InChI=1S/C13H17FN2/c1-4-16-12(9(2)15-3)7-10-5-6-11(14)8-13(10)16/h5-9,15H,4H2,1-3H3. The minimum atomic E-state index is -0.177. The van der Waals surface area contributed by atoms with Crippen molar-refractivity contribution in [3.8, 4) is 0 Å². The highest BCUT2D eigenvalue weighted by atomic mass is 19.1. The summed E-state index contributed by atoms with van der Waals surface area (Å²) in [5.74, 6) is -0.177. The molecule has 0 amide bonds. The lowest BCUT2D eigenvalue weighted by Gasteiger charge is -2.14. The van der Waals surface area contributed by atoms with E-state index in [-0.39, 0.29) is 11.9 Å². The molecule has 1 N–H and O–H groups in total. The summed E-state index contributed by atoms with van der Waals surface area (Å²) in [6, 6.07) is 7.35. The van der Waals surface area contributed by atoms with Gasteiger partial charge in [-0.15, -0.1) is 0 Å². The molecular formula is C13H17FN2. The van der Waals surface area contributed by atoms with Crippen molar-refractivity contribution in [3.63, 3.8) is 0 Å². The Labute approximate surface area is 95.1 Å². The molecule has 2 aromatic rings. The number of hydrogen-bond acceptors (Lipinski definition) is 1. The van der Waals surface area contributed by atoms with E-state index in [0.717, 1.165) is 17.4 Å². The predicted octanol–water partition coefficient (Wildman–Crippen LogP) is 3.08. The van der Waals surface area contributed by atoms with Crippen LogP contribution in [-0.2, 0) is 6.54 Å². The van der Waals surface area contributed by atoms with Gasteiger partial charge in [-0.25, -0.2) is 4.39 Å². The van der Waals surface area contributed by atoms with E-state index < -0.39 is 0 Å². The zero-order valence-corrected chi connectivity index (χ0v) is 9.92. The number of halogens is 1. The molecule has 86 valence electrons. The van der Waals surface area contributed by atoms with E-state index in [0.29, 0.717) is 0 Å². The summed E-state index contributed by atoms with van der Waals surface area (Å²) in [5, 5.41) is 4.31. The number of benzene rings is 1. The molecule has 2 rings (SSSR count). The molecule has 1 heterocycles. The molecule has 1 unspecified atom stereocenters. The Morgan fingerprint density at radius 2 is 2.12 bits per heavy atom. The Balaban J connectivity index is 2.66. The second-order valence-corrected chi connectivity index (χ2v) is 4.03. The third-order valence-electron chi connectivity index (χ3n) is 3.09. The summed E-state index contributed by atoms with van der Waals surface area (Å²) < 4.78 is 15.4. The molecule has 0 fully saturated rings. The third-order valence-corrected chi connectivity index (χ3v) is 3.09. The average molecular weight is 220 g/mol. The highest BCUT2D eigenvalue weighted by molar-refractivity contribution is 5.81. The van der Waals surface area contributed by atoms with Gasteiger partial charge in [0.1, 0.15) is 5.82 Å². The van der Waals surface area contributed by atoms with Crippen molar-refractivity contribution in [1.29, 1.82) is 0 Å². The van der Waals surface area contributed by atoms with E-state index in [4.69, 9.17) is 0 Å². The topological polar surface area (TPSA) is 17.0 Å². The number of nitrogens with one attached hydrogen (secondary N) is 1. The first-order valence-electron chi connectivity index (χ1n) is 5.63. The monoisotopic (exact) mass is 220 g/mol. The summed E-state index contributed by atoms with van der Waals surface area (Å²) in [5.41, 5.74) is 2.17. The first kappa shape index (κ1) is 11.1. The highest BCUT2D eigenvalue weighted by Crippen LogP contribution is 2.24. The van der Waals surface area contributed by atoms with E-state index in [1.54, 1.807) is 6.07 Å². The van der Waals surface area contributed by atoms with Crippen molar-refractivity contribution < 1.29 is 4.39 Å². The molecule has 0 saturated carbocycles. The fourth-order valence-corrected chi connectivity index (χ4v) is 2.11. The maximum Gasteiger partial charge on any atom is 0.125 e. The van der Waals surface area contributed by atoms with Gasteiger partial charge in [-0.05, 0) is 45.2 Å². The lowest BCUT2D eigenvalue weighted by Crippen LogP contribution is -2.16. The van der Waals surface area contributed by atoms with Gasteiger partial charge >= 0.3 is 0 Å². The maximum absolute atomic E-state index is 13.2. The van der Waals surface area contributed by atoms with Gasteiger partial charge < -0.3 is 9.88 Å². The van der Waals surface area contributed by atoms with Crippen LogP contribution in [0.1, 0.15) is 25.6 Å². The lowest BCUT2D eigenvalue weighted by atomic mass is 10.2. The van der Waals surface area contributed by atoms with E-state index in [2.05, 4.69) is 29.8 Å². The highest BCUT2D eigenvalue weighted by Gasteiger charge is 2.12. The first-order chi connectivity index (χ1) is 7.67. The van der Waals surface area contributed by atoms with Gasteiger partial charge in [-0.3, -0.25) is 0 Å². The smallest absolute Gasteiger partial charge is 0.125 e. The fraction of sp³-hybridized carbons (Fsp3) is 0.385. The number of aryl methyl sites for hydroxylation is 1. The number of fused-ring (bicyclic) bond motifs is 1. The van der Waals surface area contributed by atoms with Gasteiger partial charge in [0, 0.05) is 23.7 Å². The summed E-state index contributed by atoms with van der Waals surface area (Å²) in [6.07, 6.45) is 0. The van der Waals surface area contributed by atoms with Crippen molar-refractivity contribution in [1.82, 2.24) is 9.88 Å². The van der Waals surface area contributed by atoms with Crippen LogP contribution in [0.5, 0.6) is 0 Å². The van der Waals surface area contributed by atoms with Crippen LogP contribution in [0.15, 0.2) is 24.3 Å². The van der Waals surface area contributed by atoms with Crippen LogP contribution < -0.4 is 5.32 Å². The molecule has 1 aromatic heterocycles. The van der Waals surface area contributed by atoms with Crippen molar-refractivity contribution in [2.75, 3.05) is 7.05 Å². The lowest BCUT2D eigenvalue weighted by molar-refractivity contribution is 0.588. The molecule has 0 bridgehead atoms. The zero-order valence-electron chi connectivity index (χ0n) is 9.92. The van der Waals surface area contributed by atoms with Crippen molar-refractivity contribution in [2.45, 2.75) is 26.4 Å². The third kappa shape index (κ3) is 1.71.